The zero-order valence-corrected chi connectivity index (χ0v) is 19.7. The van der Waals surface area contributed by atoms with Crippen molar-refractivity contribution in [3.05, 3.63) is 71.5 Å². The summed E-state index contributed by atoms with van der Waals surface area (Å²) in [5.74, 6) is -2.83. The Hall–Kier alpha value is -3.06. The number of carbonyl (C=O) groups is 4. The molecule has 3 fully saturated rings. The van der Waals surface area contributed by atoms with Gasteiger partial charge in [-0.1, -0.05) is 30.3 Å². The van der Waals surface area contributed by atoms with Gasteiger partial charge < -0.3 is 4.74 Å². The Balaban J connectivity index is 1.27. The molecule has 2 aromatic rings. The molecule has 2 amide bonds. The summed E-state index contributed by atoms with van der Waals surface area (Å²) in [5.41, 5.74) is 1.36. The summed E-state index contributed by atoms with van der Waals surface area (Å²) in [7, 11) is 0. The number of carbonyl (C=O) groups excluding carboxylic acids is 4. The molecular weight excluding hydrogens is 473 g/mol. The van der Waals surface area contributed by atoms with E-state index in [0.29, 0.717) is 0 Å². The lowest BCUT2D eigenvalue weighted by atomic mass is 9.73. The van der Waals surface area contributed by atoms with Crippen LogP contribution in [0.25, 0.3) is 0 Å². The van der Waals surface area contributed by atoms with Crippen LogP contribution in [-0.2, 0) is 19.1 Å². The number of Topliss-reactive ketones (excluding diaryl/α,β-unsaturated/α-hetero) is 1. The van der Waals surface area contributed by atoms with Crippen LogP contribution in [0.2, 0.25) is 0 Å². The first-order valence-corrected chi connectivity index (χ1v) is 12.4. The lowest BCUT2D eigenvalue weighted by Gasteiger charge is -2.28. The largest absolute Gasteiger partial charge is 0.453 e. The van der Waals surface area contributed by atoms with Crippen molar-refractivity contribution in [2.45, 2.75) is 31.3 Å². The van der Waals surface area contributed by atoms with Crippen LogP contribution in [0, 0.1) is 29.5 Å². The van der Waals surface area contributed by atoms with Crippen LogP contribution in [0.1, 0.15) is 41.1 Å². The molecule has 3 aliphatic rings. The molecule has 1 saturated heterocycles. The Morgan fingerprint density at radius 2 is 1.69 bits per heavy atom. The second-order valence-corrected chi connectivity index (χ2v) is 9.93. The van der Waals surface area contributed by atoms with Gasteiger partial charge in [0.1, 0.15) is 12.4 Å². The molecule has 6 nitrogen and oxygen atoms in total. The number of hydrogen-bond acceptors (Lipinski definition) is 5. The van der Waals surface area contributed by atoms with E-state index < -0.39 is 36.1 Å². The Labute approximate surface area is 207 Å². The smallest absolute Gasteiger partial charge is 0.326 e. The minimum Gasteiger partial charge on any atom is -0.453 e. The number of hydrogen-bond donors (Lipinski definition) is 0. The van der Waals surface area contributed by atoms with Crippen molar-refractivity contribution < 1.29 is 28.3 Å². The Bertz CT molecular complexity index is 1150. The van der Waals surface area contributed by atoms with Gasteiger partial charge in [0, 0.05) is 17.9 Å². The number of amides is 2. The number of ketones is 1. The van der Waals surface area contributed by atoms with Gasteiger partial charge in [-0.15, -0.1) is 11.6 Å². The number of nitrogens with zero attached hydrogens (tertiary/aromatic N) is 1. The summed E-state index contributed by atoms with van der Waals surface area (Å²) in [6.45, 7) is -0.532. The van der Waals surface area contributed by atoms with E-state index in [0.717, 1.165) is 29.9 Å². The molecule has 6 atom stereocenters. The van der Waals surface area contributed by atoms with Gasteiger partial charge in [0.15, 0.2) is 6.10 Å². The van der Waals surface area contributed by atoms with Crippen molar-refractivity contribution in [1.29, 1.82) is 0 Å². The zero-order valence-electron chi connectivity index (χ0n) is 18.9. The molecule has 0 radical (unpaired) electrons. The van der Waals surface area contributed by atoms with E-state index in [1.165, 1.54) is 17.7 Å². The summed E-state index contributed by atoms with van der Waals surface area (Å²) in [5, 5.41) is 0. The number of esters is 1. The van der Waals surface area contributed by atoms with Gasteiger partial charge >= 0.3 is 5.97 Å². The summed E-state index contributed by atoms with van der Waals surface area (Å²) in [4.78, 5) is 52.9. The van der Waals surface area contributed by atoms with E-state index in [1.807, 2.05) is 18.2 Å². The average molecular weight is 498 g/mol. The highest BCUT2D eigenvalue weighted by atomic mass is 35.5. The van der Waals surface area contributed by atoms with Crippen LogP contribution in [-0.4, -0.2) is 47.0 Å². The normalized spacial score (nSPS) is 27.7. The van der Waals surface area contributed by atoms with Crippen molar-refractivity contribution >= 4 is 35.2 Å². The molecule has 2 bridgehead atoms. The standard InChI is InChI=1S/C27H25ClFNO5/c28-11-10-21(25(32)16-6-8-18(29)9-7-16)35-22(31)14-30-26(33)23-17-12-19(15-4-2-1-3-5-15)20(13-17)24(23)27(30)34/h1-9,17,19-21,23-24H,10-14H2/t17-,19-,20+,21+,23-,24-/m1/s1. The van der Waals surface area contributed by atoms with Gasteiger partial charge in [0.05, 0.1) is 11.8 Å². The fraction of sp³-hybridized carbons (Fsp3) is 0.407. The Morgan fingerprint density at radius 1 is 1.00 bits per heavy atom. The van der Waals surface area contributed by atoms with E-state index in [1.54, 1.807) is 0 Å². The third kappa shape index (κ3) is 4.27. The van der Waals surface area contributed by atoms with Crippen LogP contribution in [0.5, 0.6) is 0 Å². The molecule has 35 heavy (non-hydrogen) atoms. The molecule has 5 rings (SSSR count). The van der Waals surface area contributed by atoms with Gasteiger partial charge in [-0.25, -0.2) is 4.39 Å². The van der Waals surface area contributed by atoms with E-state index in [9.17, 15) is 23.6 Å². The first kappa shape index (κ1) is 23.7. The van der Waals surface area contributed by atoms with Gasteiger partial charge in [0.25, 0.3) is 0 Å². The Morgan fingerprint density at radius 3 is 2.37 bits per heavy atom. The lowest BCUT2D eigenvalue weighted by molar-refractivity contribution is -0.155. The quantitative estimate of drug-likeness (QED) is 0.238. The average Bonchev–Trinajstić information content (AvgIpc) is 3.52. The first-order valence-electron chi connectivity index (χ1n) is 11.8. The first-order chi connectivity index (χ1) is 16.9. The number of benzene rings is 2. The predicted molar refractivity (Wildman–Crippen MR) is 125 cm³/mol. The highest BCUT2D eigenvalue weighted by Crippen LogP contribution is 2.61. The van der Waals surface area contributed by atoms with Gasteiger partial charge in [-0.05, 0) is 60.4 Å². The topological polar surface area (TPSA) is 80.8 Å². The third-order valence-corrected chi connectivity index (χ3v) is 7.91. The molecule has 2 aliphatic carbocycles. The van der Waals surface area contributed by atoms with Crippen molar-refractivity contribution in [1.82, 2.24) is 4.90 Å². The maximum absolute atomic E-state index is 13.3. The summed E-state index contributed by atoms with van der Waals surface area (Å²) >= 11 is 5.80. The van der Waals surface area contributed by atoms with Gasteiger partial charge in [0.2, 0.25) is 17.6 Å². The molecule has 182 valence electrons. The number of alkyl halides is 1. The van der Waals surface area contributed by atoms with Gasteiger partial charge in [-0.2, -0.15) is 0 Å². The number of likely N-dealkylation sites (tertiary alicyclic amines) is 1. The molecule has 0 spiro atoms. The van der Waals surface area contributed by atoms with Crippen molar-refractivity contribution in [2.75, 3.05) is 12.4 Å². The fourth-order valence-electron chi connectivity index (χ4n) is 6.23. The minimum absolute atomic E-state index is 0.0551. The zero-order chi connectivity index (χ0) is 24.7. The molecule has 2 saturated carbocycles. The van der Waals surface area contributed by atoms with Crippen molar-refractivity contribution in [3.63, 3.8) is 0 Å². The van der Waals surface area contributed by atoms with Crippen LogP contribution < -0.4 is 0 Å². The minimum atomic E-state index is -1.18. The van der Waals surface area contributed by atoms with E-state index in [-0.39, 0.29) is 53.4 Å². The molecule has 1 aliphatic heterocycles. The molecule has 0 aromatic heterocycles. The molecule has 2 aromatic carbocycles. The fourth-order valence-corrected chi connectivity index (χ4v) is 6.43. The number of ether oxygens (including phenoxy) is 1. The van der Waals surface area contributed by atoms with Crippen LogP contribution in [0.3, 0.4) is 0 Å². The summed E-state index contributed by atoms with van der Waals surface area (Å²) < 4.78 is 18.6. The maximum Gasteiger partial charge on any atom is 0.326 e. The van der Waals surface area contributed by atoms with Crippen molar-refractivity contribution in [2.24, 2.45) is 23.7 Å². The molecule has 1 heterocycles. The molecule has 0 N–H and O–H groups in total. The molecule has 8 heteroatoms. The third-order valence-electron chi connectivity index (χ3n) is 7.69. The monoisotopic (exact) mass is 497 g/mol. The summed E-state index contributed by atoms with van der Waals surface area (Å²) in [6, 6.07) is 14.9. The summed E-state index contributed by atoms with van der Waals surface area (Å²) in [6.07, 6.45) is 0.571. The van der Waals surface area contributed by atoms with Crippen LogP contribution in [0.15, 0.2) is 54.6 Å². The van der Waals surface area contributed by atoms with E-state index in [4.69, 9.17) is 16.3 Å². The number of halogens is 2. The number of rotatable bonds is 8. The SMILES string of the molecule is O=C(CN1C(=O)[C@@H]2[C@H]3C[C@H]([C@H]2C1=O)[C@@H](c1ccccc1)C3)O[C@@H](CCCl)C(=O)c1ccc(F)cc1. The molecule has 0 unspecified atom stereocenters. The number of imide groups is 1. The number of fused-ring (bicyclic) bond motifs is 5. The second-order valence-electron chi connectivity index (χ2n) is 9.55. The lowest BCUT2D eigenvalue weighted by Crippen LogP contribution is -2.40. The van der Waals surface area contributed by atoms with Crippen LogP contribution in [0.4, 0.5) is 4.39 Å². The van der Waals surface area contributed by atoms with Gasteiger partial charge in [-0.3, -0.25) is 24.1 Å². The second kappa shape index (κ2) is 9.53. The van der Waals surface area contributed by atoms with Crippen molar-refractivity contribution in [3.8, 4) is 0 Å². The predicted octanol–water partition coefficient (Wildman–Crippen LogP) is 3.97. The van der Waals surface area contributed by atoms with E-state index in [2.05, 4.69) is 12.1 Å². The maximum atomic E-state index is 13.3. The van der Waals surface area contributed by atoms with E-state index >= 15 is 0 Å². The Kier molecular flexibility index (Phi) is 6.45. The highest BCUT2D eigenvalue weighted by molar-refractivity contribution is 6.18. The molecular formula is C27H25ClFNO5. The van der Waals surface area contributed by atoms with Crippen LogP contribution >= 0.6 is 11.6 Å². The highest BCUT2D eigenvalue weighted by Gasteiger charge is 2.64.